The highest BCUT2D eigenvalue weighted by molar-refractivity contribution is 6.02. The second-order valence-corrected chi connectivity index (χ2v) is 6.24. The number of amides is 3. The van der Waals surface area contributed by atoms with Gasteiger partial charge in [-0.2, -0.15) is 0 Å². The van der Waals surface area contributed by atoms with Crippen LogP contribution in [0.5, 0.6) is 5.75 Å². The van der Waals surface area contributed by atoms with Crippen LogP contribution in [0.4, 0.5) is 23.7 Å². The van der Waals surface area contributed by atoms with Gasteiger partial charge in [0.05, 0.1) is 23.6 Å². The van der Waals surface area contributed by atoms with Crippen molar-refractivity contribution in [3.8, 4) is 5.75 Å². The Morgan fingerprint density at radius 3 is 2.64 bits per heavy atom. The molecule has 0 spiro atoms. The van der Waals surface area contributed by atoms with E-state index in [0.29, 0.717) is 5.69 Å². The van der Waals surface area contributed by atoms with Crippen LogP contribution < -0.4 is 20.7 Å². The largest absolute Gasteiger partial charge is 0.573 e. The summed E-state index contributed by atoms with van der Waals surface area (Å²) in [7, 11) is 0. The molecular weight excluding hydrogens is 377 g/mol. The van der Waals surface area contributed by atoms with Crippen LogP contribution in [0, 0.1) is 0 Å². The van der Waals surface area contributed by atoms with Crippen molar-refractivity contribution in [2.24, 2.45) is 5.73 Å². The molecule has 2 aromatic rings. The molecule has 3 rings (SSSR count). The van der Waals surface area contributed by atoms with Gasteiger partial charge >= 0.3 is 12.4 Å². The molecule has 2 atom stereocenters. The number of nitrogens with two attached hydrogens (primary N) is 1. The number of carbonyl (C=O) groups is 2. The predicted octanol–water partition coefficient (Wildman–Crippen LogP) is 2.67. The van der Waals surface area contributed by atoms with Gasteiger partial charge in [-0.3, -0.25) is 9.78 Å². The van der Waals surface area contributed by atoms with E-state index < -0.39 is 36.1 Å². The van der Waals surface area contributed by atoms with Crippen LogP contribution in [-0.2, 0) is 11.2 Å². The number of anilines is 1. The Morgan fingerprint density at radius 2 is 2.04 bits per heavy atom. The van der Waals surface area contributed by atoms with Gasteiger partial charge in [0.2, 0.25) is 0 Å². The van der Waals surface area contributed by atoms with E-state index in [1.165, 1.54) is 4.90 Å². The molecule has 1 aliphatic heterocycles. The highest BCUT2D eigenvalue weighted by Gasteiger charge is 2.38. The lowest BCUT2D eigenvalue weighted by atomic mass is 9.97. The lowest BCUT2D eigenvalue weighted by Crippen LogP contribution is -2.54. The van der Waals surface area contributed by atoms with E-state index in [9.17, 15) is 22.8 Å². The second kappa shape index (κ2) is 7.37. The number of nitrogens with one attached hydrogen (secondary N) is 1. The zero-order chi connectivity index (χ0) is 20.5. The number of ether oxygens (including phenoxy) is 1. The van der Waals surface area contributed by atoms with Crippen molar-refractivity contribution < 1.29 is 27.5 Å². The Balaban J connectivity index is 2.05. The Labute approximate surface area is 158 Å². The van der Waals surface area contributed by atoms with E-state index >= 15 is 0 Å². The number of primary amides is 1. The Hall–Kier alpha value is -3.30. The summed E-state index contributed by atoms with van der Waals surface area (Å²) in [6, 6.07) is 7.66. The molecule has 0 bridgehead atoms. The number of hydrogen-bond acceptors (Lipinski definition) is 4. The highest BCUT2D eigenvalue weighted by atomic mass is 19.4. The van der Waals surface area contributed by atoms with Crippen molar-refractivity contribution in [1.82, 2.24) is 10.3 Å². The fourth-order valence-corrected chi connectivity index (χ4v) is 3.15. The fourth-order valence-electron chi connectivity index (χ4n) is 3.15. The number of fused-ring (bicyclic) bond motifs is 1. The van der Waals surface area contributed by atoms with Crippen molar-refractivity contribution >= 4 is 17.6 Å². The molecular formula is C18H17F3N4O3. The van der Waals surface area contributed by atoms with Gasteiger partial charge in [-0.25, -0.2) is 4.79 Å². The number of nitrogens with zero attached hydrogens (tertiary/aromatic N) is 2. The molecule has 3 amide bonds. The molecule has 10 heteroatoms. The van der Waals surface area contributed by atoms with E-state index in [1.807, 2.05) is 0 Å². The van der Waals surface area contributed by atoms with Gasteiger partial charge < -0.3 is 20.7 Å². The number of hydrogen-bond donors (Lipinski definition) is 2. The summed E-state index contributed by atoms with van der Waals surface area (Å²) in [6.45, 7) is 1.72. The number of rotatable bonds is 4. The SMILES string of the molecule is C[C@@H](c1ccccc1)N1C(=O)[C@H](NC(N)=O)Cc2ncc(OC(F)(F)F)cc21. The zero-order valence-electron chi connectivity index (χ0n) is 14.7. The van der Waals surface area contributed by atoms with E-state index in [1.54, 1.807) is 37.3 Å². The molecule has 1 aromatic heterocycles. The number of urea groups is 1. The third kappa shape index (κ3) is 4.16. The molecule has 0 saturated heterocycles. The van der Waals surface area contributed by atoms with Crippen LogP contribution in [0.15, 0.2) is 42.6 Å². The third-order valence-electron chi connectivity index (χ3n) is 4.33. The third-order valence-corrected chi connectivity index (χ3v) is 4.33. The second-order valence-electron chi connectivity index (χ2n) is 6.24. The van der Waals surface area contributed by atoms with Gasteiger partial charge in [0.1, 0.15) is 11.8 Å². The molecule has 0 saturated carbocycles. The quantitative estimate of drug-likeness (QED) is 0.833. The van der Waals surface area contributed by atoms with Crippen LogP contribution >= 0.6 is 0 Å². The molecule has 3 N–H and O–H groups in total. The maximum Gasteiger partial charge on any atom is 0.573 e. The Bertz CT molecular complexity index is 889. The molecule has 7 nitrogen and oxygen atoms in total. The highest BCUT2D eigenvalue weighted by Crippen LogP contribution is 2.37. The van der Waals surface area contributed by atoms with Crippen molar-refractivity contribution in [2.75, 3.05) is 4.90 Å². The predicted molar refractivity (Wildman–Crippen MR) is 93.5 cm³/mol. The van der Waals surface area contributed by atoms with E-state index in [0.717, 1.165) is 17.8 Å². The number of carbonyl (C=O) groups excluding carboxylic acids is 2. The van der Waals surface area contributed by atoms with Gasteiger partial charge in [-0.15, -0.1) is 13.2 Å². The first kappa shape index (κ1) is 19.5. The summed E-state index contributed by atoms with van der Waals surface area (Å²) in [5.41, 5.74) is 6.43. The number of aromatic nitrogens is 1. The van der Waals surface area contributed by atoms with Gasteiger partial charge in [0, 0.05) is 12.5 Å². The van der Waals surface area contributed by atoms with Crippen molar-refractivity contribution in [3.05, 3.63) is 53.9 Å². The lowest BCUT2D eigenvalue weighted by Gasteiger charge is -2.37. The maximum atomic E-state index is 13.0. The van der Waals surface area contributed by atoms with Crippen molar-refractivity contribution in [2.45, 2.75) is 31.8 Å². The molecule has 0 radical (unpaired) electrons. The molecule has 1 aromatic carbocycles. The smallest absolute Gasteiger partial charge is 0.404 e. The summed E-state index contributed by atoms with van der Waals surface area (Å²) in [5.74, 6) is -1.04. The average molecular weight is 394 g/mol. The van der Waals surface area contributed by atoms with Gasteiger partial charge in [0.25, 0.3) is 5.91 Å². The monoisotopic (exact) mass is 394 g/mol. The van der Waals surface area contributed by atoms with Crippen LogP contribution in [0.2, 0.25) is 0 Å². The average Bonchev–Trinajstić information content (AvgIpc) is 2.61. The molecule has 0 aliphatic carbocycles. The molecule has 0 unspecified atom stereocenters. The minimum atomic E-state index is -4.89. The summed E-state index contributed by atoms with van der Waals surface area (Å²) < 4.78 is 41.7. The molecule has 0 fully saturated rings. The zero-order valence-corrected chi connectivity index (χ0v) is 14.7. The normalized spacial score (nSPS) is 17.6. The summed E-state index contributed by atoms with van der Waals surface area (Å²) in [4.78, 5) is 29.6. The Kier molecular flexibility index (Phi) is 5.12. The summed E-state index contributed by atoms with van der Waals surface area (Å²) in [6.07, 6.45) is -3.96. The topological polar surface area (TPSA) is 97.6 Å². The first-order valence-corrected chi connectivity index (χ1v) is 8.34. The van der Waals surface area contributed by atoms with Crippen LogP contribution in [-0.4, -0.2) is 29.3 Å². The number of benzene rings is 1. The first-order valence-electron chi connectivity index (χ1n) is 8.34. The number of pyridine rings is 1. The standard InChI is InChI=1S/C18H17F3N4O3/c1-10(11-5-3-2-4-6-11)25-15-7-12(28-18(19,20)21)9-23-13(15)8-14(16(25)26)24-17(22)27/h2-7,9-10,14H,8H2,1H3,(H3,22,24,27)/t10-,14+/m0/s1. The number of halogens is 3. The minimum absolute atomic E-state index is 0.00140. The van der Waals surface area contributed by atoms with Gasteiger partial charge in [-0.05, 0) is 12.5 Å². The van der Waals surface area contributed by atoms with E-state index in [-0.39, 0.29) is 12.1 Å². The maximum absolute atomic E-state index is 13.0. The number of alkyl halides is 3. The molecule has 1 aliphatic rings. The minimum Gasteiger partial charge on any atom is -0.404 e. The van der Waals surface area contributed by atoms with Crippen molar-refractivity contribution in [3.63, 3.8) is 0 Å². The van der Waals surface area contributed by atoms with Gasteiger partial charge in [0.15, 0.2) is 0 Å². The molecule has 2 heterocycles. The van der Waals surface area contributed by atoms with Crippen molar-refractivity contribution in [1.29, 1.82) is 0 Å². The first-order chi connectivity index (χ1) is 13.2. The van der Waals surface area contributed by atoms with E-state index in [4.69, 9.17) is 5.73 Å². The molecule has 28 heavy (non-hydrogen) atoms. The summed E-state index contributed by atoms with van der Waals surface area (Å²) >= 11 is 0. The fraction of sp³-hybridized carbons (Fsp3) is 0.278. The lowest BCUT2D eigenvalue weighted by molar-refractivity contribution is -0.274. The summed E-state index contributed by atoms with van der Waals surface area (Å²) in [5, 5.41) is 2.36. The van der Waals surface area contributed by atoms with Gasteiger partial charge in [-0.1, -0.05) is 30.3 Å². The molecule has 148 valence electrons. The van der Waals surface area contributed by atoms with Crippen LogP contribution in [0.1, 0.15) is 24.2 Å². The van der Waals surface area contributed by atoms with Crippen LogP contribution in [0.25, 0.3) is 0 Å². The van der Waals surface area contributed by atoms with E-state index in [2.05, 4.69) is 15.0 Å². The Morgan fingerprint density at radius 1 is 1.36 bits per heavy atom. The van der Waals surface area contributed by atoms with Crippen LogP contribution in [0.3, 0.4) is 0 Å².